The number of aromatic nitrogens is 6. The summed E-state index contributed by atoms with van der Waals surface area (Å²) in [5, 5.41) is 44.6. The standard InChI is InChI=1S/C24H24F6N4O4.C17H18F6N4O4/c1-13-6-5-9-15(35)11-22(24(28,29)30,36-12-14-7-3-2-4-8-14)21-34-33-20(38-21)18-17(31)10-16(23(25,26)27)19(32-18)37-13;1-7-3-2-4-8(28)6-15(29,17(21,22)23)14-27-26-13(31-14)11-10(24)5-9(16(18,19)20)12(25-11)30-7/h2-4,7-8,10,13,15,35H,5-6,9,11-12,31H2,1H3;5,7-8,28-29H,2-4,6,24H2,1H3/t13-,15?,22-;7-,8?,15-/m11/s1. The number of hydrogen-bond donors (Lipinski definition) is 5. The molecule has 16 nitrogen and oxygen atoms in total. The molecule has 0 radical (unpaired) electrons. The van der Waals surface area contributed by atoms with E-state index in [-0.39, 0.29) is 38.5 Å². The zero-order chi connectivity index (χ0) is 50.9. The van der Waals surface area contributed by atoms with Gasteiger partial charge in [-0.25, -0.2) is 9.97 Å². The van der Waals surface area contributed by atoms with Crippen molar-refractivity contribution in [3.05, 3.63) is 70.9 Å². The van der Waals surface area contributed by atoms with Crippen molar-refractivity contribution in [3.63, 3.8) is 0 Å². The number of fused-ring (bicyclic) bond motifs is 10. The number of hydrogen-bond acceptors (Lipinski definition) is 16. The summed E-state index contributed by atoms with van der Waals surface area (Å²) in [6.07, 6.45) is -27.1. The second-order valence-corrected chi connectivity index (χ2v) is 16.3. The lowest BCUT2D eigenvalue weighted by Gasteiger charge is -2.34. The second-order valence-electron chi connectivity index (χ2n) is 16.3. The van der Waals surface area contributed by atoms with Crippen LogP contribution < -0.4 is 20.9 Å². The predicted octanol–water partition coefficient (Wildman–Crippen LogP) is 8.59. The first kappa shape index (κ1) is 52.4. The van der Waals surface area contributed by atoms with Crippen LogP contribution in [-0.4, -0.2) is 82.5 Å². The molecule has 6 heterocycles. The summed E-state index contributed by atoms with van der Waals surface area (Å²) in [5.41, 5.74) is 0.101. The Morgan fingerprint density at radius 2 is 1.09 bits per heavy atom. The van der Waals surface area contributed by atoms with Gasteiger partial charge in [-0.2, -0.15) is 52.7 Å². The lowest BCUT2D eigenvalue weighted by molar-refractivity contribution is -0.305. The first-order valence-electron chi connectivity index (χ1n) is 20.7. The summed E-state index contributed by atoms with van der Waals surface area (Å²) in [7, 11) is 0. The maximum atomic E-state index is 14.7. The molecular formula is C41H42F12N8O8. The molecule has 7 rings (SSSR count). The maximum absolute atomic E-state index is 14.7. The van der Waals surface area contributed by atoms with E-state index in [1.165, 1.54) is 13.8 Å². The Hall–Kier alpha value is -6.00. The van der Waals surface area contributed by atoms with Gasteiger partial charge in [0.05, 0.1) is 42.4 Å². The lowest BCUT2D eigenvalue weighted by atomic mass is 9.92. The number of ether oxygens (including phenoxy) is 3. The number of benzene rings is 1. The highest BCUT2D eigenvalue weighted by molar-refractivity contribution is 5.69. The molecule has 28 heteroatoms. The molecule has 0 saturated heterocycles. The van der Waals surface area contributed by atoms with Crippen LogP contribution in [0.25, 0.3) is 23.2 Å². The van der Waals surface area contributed by atoms with Crippen molar-refractivity contribution >= 4 is 11.4 Å². The maximum Gasteiger partial charge on any atom is 0.426 e. The zero-order valence-electron chi connectivity index (χ0n) is 36.0. The number of nitrogen functional groups attached to an aromatic ring is 2. The molecular weight excluding hydrogens is 960 g/mol. The Bertz CT molecular complexity index is 2540. The molecule has 8 bridgehead atoms. The quantitative estimate of drug-likeness (QED) is 0.106. The minimum Gasteiger partial charge on any atom is -0.474 e. The Balaban J connectivity index is 0.000000232. The zero-order valence-corrected chi connectivity index (χ0v) is 36.0. The highest BCUT2D eigenvalue weighted by Gasteiger charge is 2.63. The molecule has 69 heavy (non-hydrogen) atoms. The number of halogens is 12. The highest BCUT2D eigenvalue weighted by atomic mass is 19.4. The van der Waals surface area contributed by atoms with Crippen LogP contribution in [0.15, 0.2) is 51.3 Å². The topological polar surface area (TPSA) is 244 Å². The number of anilines is 2. The molecule has 0 spiro atoms. The third kappa shape index (κ3) is 11.7. The third-order valence-corrected chi connectivity index (χ3v) is 10.8. The average Bonchev–Trinajstić information content (AvgIpc) is 3.94. The van der Waals surface area contributed by atoms with E-state index in [0.29, 0.717) is 17.7 Å². The first-order chi connectivity index (χ1) is 32.0. The molecule has 2 aliphatic heterocycles. The highest BCUT2D eigenvalue weighted by Crippen LogP contribution is 2.49. The van der Waals surface area contributed by atoms with Crippen LogP contribution in [0.2, 0.25) is 0 Å². The van der Waals surface area contributed by atoms with E-state index in [4.69, 9.17) is 34.5 Å². The van der Waals surface area contributed by atoms with Crippen LogP contribution in [0, 0.1) is 0 Å². The van der Waals surface area contributed by atoms with E-state index in [1.54, 1.807) is 30.3 Å². The molecule has 0 fully saturated rings. The Labute approximate surface area is 382 Å². The first-order valence-corrected chi connectivity index (χ1v) is 20.7. The molecule has 0 aliphatic carbocycles. The molecule has 1 aromatic carbocycles. The van der Waals surface area contributed by atoms with Gasteiger partial charge in [-0.15, -0.1) is 20.4 Å². The molecule has 4 aromatic heterocycles. The van der Waals surface area contributed by atoms with E-state index in [2.05, 4.69) is 30.4 Å². The minimum absolute atomic E-state index is 0.0918. The predicted molar refractivity (Wildman–Crippen MR) is 212 cm³/mol. The van der Waals surface area contributed by atoms with Gasteiger partial charge < -0.3 is 49.8 Å². The van der Waals surface area contributed by atoms with Gasteiger partial charge in [0.25, 0.3) is 23.6 Å². The van der Waals surface area contributed by atoms with Gasteiger partial charge in [-0.05, 0) is 70.1 Å². The monoisotopic (exact) mass is 1000 g/mol. The summed E-state index contributed by atoms with van der Waals surface area (Å²) in [4.78, 5) is 7.48. The molecule has 7 N–H and O–H groups in total. The summed E-state index contributed by atoms with van der Waals surface area (Å²) < 4.78 is 192. The van der Waals surface area contributed by atoms with Crippen LogP contribution in [0.1, 0.15) is 93.7 Å². The average molecular weight is 1000 g/mol. The lowest BCUT2D eigenvalue weighted by Crippen LogP contribution is -2.47. The van der Waals surface area contributed by atoms with Crippen molar-refractivity contribution in [3.8, 4) is 34.9 Å². The fourth-order valence-corrected chi connectivity index (χ4v) is 7.21. The molecule has 2 aliphatic rings. The Morgan fingerprint density at radius 3 is 1.54 bits per heavy atom. The fourth-order valence-electron chi connectivity index (χ4n) is 7.21. The van der Waals surface area contributed by atoms with Gasteiger partial charge in [-0.3, -0.25) is 0 Å². The largest absolute Gasteiger partial charge is 0.474 e. The normalized spacial score (nSPS) is 24.1. The number of aliphatic hydroxyl groups is 3. The third-order valence-electron chi connectivity index (χ3n) is 10.8. The van der Waals surface area contributed by atoms with Gasteiger partial charge in [0.1, 0.15) is 11.1 Å². The summed E-state index contributed by atoms with van der Waals surface area (Å²) >= 11 is 0. The van der Waals surface area contributed by atoms with Crippen LogP contribution in [0.4, 0.5) is 64.1 Å². The van der Waals surface area contributed by atoms with Crippen molar-refractivity contribution in [2.75, 3.05) is 11.5 Å². The Morgan fingerprint density at radius 1 is 0.638 bits per heavy atom. The second kappa shape index (κ2) is 19.8. The fraction of sp³-hybridized carbons (Fsp3) is 0.512. The van der Waals surface area contributed by atoms with E-state index >= 15 is 0 Å². The number of nitrogens with two attached hydrogens (primary N) is 2. The van der Waals surface area contributed by atoms with Gasteiger partial charge >= 0.3 is 24.7 Å². The molecule has 2 unspecified atom stereocenters. The van der Waals surface area contributed by atoms with Crippen molar-refractivity contribution < 1.29 is 91.0 Å². The van der Waals surface area contributed by atoms with E-state index in [1.807, 2.05) is 0 Å². The van der Waals surface area contributed by atoms with E-state index in [9.17, 15) is 68.0 Å². The smallest absolute Gasteiger partial charge is 0.426 e. The number of rotatable bonds is 3. The van der Waals surface area contributed by atoms with Crippen LogP contribution in [0.3, 0.4) is 0 Å². The van der Waals surface area contributed by atoms with Crippen LogP contribution in [-0.2, 0) is 34.9 Å². The van der Waals surface area contributed by atoms with Gasteiger partial charge in [0, 0.05) is 12.8 Å². The van der Waals surface area contributed by atoms with E-state index < -0.39 is 149 Å². The molecule has 378 valence electrons. The molecule has 0 amide bonds. The summed E-state index contributed by atoms with van der Waals surface area (Å²) in [6, 6.07) is 9.07. The molecule has 0 saturated carbocycles. The van der Waals surface area contributed by atoms with Crippen molar-refractivity contribution in [1.82, 2.24) is 30.4 Å². The number of pyridine rings is 2. The van der Waals surface area contributed by atoms with Crippen molar-refractivity contribution in [2.45, 2.75) is 132 Å². The molecule has 5 aromatic rings. The van der Waals surface area contributed by atoms with Crippen molar-refractivity contribution in [2.24, 2.45) is 0 Å². The van der Waals surface area contributed by atoms with Gasteiger partial charge in [0.2, 0.25) is 23.0 Å². The SMILES string of the molecule is C[C@@H]1CCCC(O)C[C@](O)(C(F)(F)F)c2nnc(o2)-c2nc(c(C(F)(F)F)cc2N)O1.C[C@@H]1CCCC(O)C[C@](OCc2ccccc2)(C(F)(F)F)c2nnc(o2)-c2nc(c(C(F)(F)F)cc2N)O1. The number of alkyl halides is 12. The number of nitrogens with zero attached hydrogens (tertiary/aromatic N) is 6. The van der Waals surface area contributed by atoms with Gasteiger partial charge in [-0.1, -0.05) is 30.3 Å². The summed E-state index contributed by atoms with van der Waals surface area (Å²) in [6.45, 7) is 2.40. The Kier molecular flexibility index (Phi) is 15.0. The van der Waals surface area contributed by atoms with Crippen molar-refractivity contribution in [1.29, 1.82) is 0 Å². The van der Waals surface area contributed by atoms with Crippen LogP contribution in [0.5, 0.6) is 11.8 Å². The number of aliphatic hydroxyl groups excluding tert-OH is 2. The minimum atomic E-state index is -5.30. The van der Waals surface area contributed by atoms with E-state index in [0.717, 1.165) is 0 Å². The summed E-state index contributed by atoms with van der Waals surface area (Å²) in [5.74, 6) is -5.49. The molecule has 6 atom stereocenters. The van der Waals surface area contributed by atoms with Gasteiger partial charge in [0.15, 0.2) is 11.4 Å². The van der Waals surface area contributed by atoms with Crippen LogP contribution >= 0.6 is 0 Å².